The summed E-state index contributed by atoms with van der Waals surface area (Å²) >= 11 is 0. The summed E-state index contributed by atoms with van der Waals surface area (Å²) in [5, 5.41) is 0. The van der Waals surface area contributed by atoms with Crippen molar-refractivity contribution in [2.75, 3.05) is 37.6 Å². The molecule has 2 saturated heterocycles. The van der Waals surface area contributed by atoms with Gasteiger partial charge in [-0.2, -0.15) is 0 Å². The molecule has 3 rings (SSSR count). The minimum atomic E-state index is 0.696. The standard InChI is InChI=1S/C17H28N4/c1-14-11-15(5-7-18)12-19-17(14)21-10-6-16(13-21)20-8-3-2-4-9-20/h11-12,16H,2-10,13,18H2,1H3. The average Bonchev–Trinajstić information content (AvgIpc) is 2.98. The highest BCUT2D eigenvalue weighted by atomic mass is 15.3. The lowest BCUT2D eigenvalue weighted by Gasteiger charge is -2.32. The van der Waals surface area contributed by atoms with Crippen molar-refractivity contribution in [2.24, 2.45) is 5.73 Å². The molecule has 2 N–H and O–H groups in total. The number of likely N-dealkylation sites (tertiary alicyclic amines) is 1. The number of aromatic nitrogens is 1. The highest BCUT2D eigenvalue weighted by Crippen LogP contribution is 2.26. The van der Waals surface area contributed by atoms with Crippen molar-refractivity contribution in [3.63, 3.8) is 0 Å². The van der Waals surface area contributed by atoms with Crippen LogP contribution in [0.3, 0.4) is 0 Å². The first-order chi connectivity index (χ1) is 10.3. The summed E-state index contributed by atoms with van der Waals surface area (Å²) in [6, 6.07) is 2.99. The SMILES string of the molecule is Cc1cc(CCN)cnc1N1CCC(N2CCCCC2)C1. The van der Waals surface area contributed by atoms with Crippen molar-refractivity contribution < 1.29 is 0 Å². The first-order valence-electron chi connectivity index (χ1n) is 8.42. The van der Waals surface area contributed by atoms with Gasteiger partial charge in [-0.05, 0) is 63.4 Å². The highest BCUT2D eigenvalue weighted by molar-refractivity contribution is 5.48. The van der Waals surface area contributed by atoms with Crippen molar-refractivity contribution in [3.05, 3.63) is 23.4 Å². The predicted molar refractivity (Wildman–Crippen MR) is 87.8 cm³/mol. The van der Waals surface area contributed by atoms with Crippen LogP contribution in [0.2, 0.25) is 0 Å². The topological polar surface area (TPSA) is 45.4 Å². The van der Waals surface area contributed by atoms with Crippen molar-refractivity contribution in [1.82, 2.24) is 9.88 Å². The van der Waals surface area contributed by atoms with Gasteiger partial charge in [0.1, 0.15) is 5.82 Å². The normalized spacial score (nSPS) is 23.7. The smallest absolute Gasteiger partial charge is 0.131 e. The van der Waals surface area contributed by atoms with Crippen LogP contribution in [0.5, 0.6) is 0 Å². The van der Waals surface area contributed by atoms with E-state index in [0.29, 0.717) is 6.54 Å². The van der Waals surface area contributed by atoms with Crippen molar-refractivity contribution in [2.45, 2.75) is 45.1 Å². The largest absolute Gasteiger partial charge is 0.355 e. The maximum Gasteiger partial charge on any atom is 0.131 e. The Morgan fingerprint density at radius 3 is 2.76 bits per heavy atom. The first kappa shape index (κ1) is 14.8. The number of rotatable bonds is 4. The molecular formula is C17H28N4. The number of nitrogens with zero attached hydrogens (tertiary/aromatic N) is 3. The molecule has 0 aliphatic carbocycles. The summed E-state index contributed by atoms with van der Waals surface area (Å²) in [7, 11) is 0. The van der Waals surface area contributed by atoms with Crippen molar-refractivity contribution >= 4 is 5.82 Å². The summed E-state index contributed by atoms with van der Waals surface area (Å²) in [5.41, 5.74) is 8.17. The molecule has 2 fully saturated rings. The highest BCUT2D eigenvalue weighted by Gasteiger charge is 2.29. The Morgan fingerprint density at radius 1 is 1.24 bits per heavy atom. The van der Waals surface area contributed by atoms with Crippen LogP contribution in [-0.4, -0.2) is 48.6 Å². The van der Waals surface area contributed by atoms with Crippen LogP contribution in [0, 0.1) is 6.92 Å². The fourth-order valence-corrected chi connectivity index (χ4v) is 3.78. The number of piperidine rings is 1. The molecule has 4 nitrogen and oxygen atoms in total. The minimum Gasteiger partial charge on any atom is -0.355 e. The molecule has 116 valence electrons. The van der Waals surface area contributed by atoms with E-state index < -0.39 is 0 Å². The van der Waals surface area contributed by atoms with Crippen LogP contribution < -0.4 is 10.6 Å². The van der Waals surface area contributed by atoms with Gasteiger partial charge in [0.15, 0.2) is 0 Å². The summed E-state index contributed by atoms with van der Waals surface area (Å²) in [6.07, 6.45) is 8.37. The zero-order valence-electron chi connectivity index (χ0n) is 13.2. The Hall–Kier alpha value is -1.13. The zero-order valence-corrected chi connectivity index (χ0v) is 13.2. The molecule has 0 spiro atoms. The Balaban J connectivity index is 1.65. The lowest BCUT2D eigenvalue weighted by Crippen LogP contribution is -2.41. The Labute approximate surface area is 128 Å². The van der Waals surface area contributed by atoms with E-state index in [1.165, 1.54) is 55.7 Å². The number of nitrogens with two attached hydrogens (primary N) is 1. The van der Waals surface area contributed by atoms with Crippen LogP contribution >= 0.6 is 0 Å². The molecule has 21 heavy (non-hydrogen) atoms. The molecule has 1 unspecified atom stereocenters. The van der Waals surface area contributed by atoms with Gasteiger partial charge in [0.2, 0.25) is 0 Å². The molecule has 1 aromatic rings. The van der Waals surface area contributed by atoms with Crippen molar-refractivity contribution in [1.29, 1.82) is 0 Å². The van der Waals surface area contributed by atoms with E-state index in [4.69, 9.17) is 10.7 Å². The molecule has 1 atom stereocenters. The lowest BCUT2D eigenvalue weighted by atomic mass is 10.1. The van der Waals surface area contributed by atoms with E-state index in [-0.39, 0.29) is 0 Å². The van der Waals surface area contributed by atoms with Crippen LogP contribution in [0.15, 0.2) is 12.3 Å². The fourth-order valence-electron chi connectivity index (χ4n) is 3.78. The number of hydrogen-bond donors (Lipinski definition) is 1. The van der Waals surface area contributed by atoms with Gasteiger partial charge in [0.05, 0.1) is 0 Å². The van der Waals surface area contributed by atoms with Crippen LogP contribution in [0.4, 0.5) is 5.82 Å². The van der Waals surface area contributed by atoms with Crippen molar-refractivity contribution in [3.8, 4) is 0 Å². The maximum atomic E-state index is 5.63. The van der Waals surface area contributed by atoms with Gasteiger partial charge in [-0.15, -0.1) is 0 Å². The Morgan fingerprint density at radius 2 is 2.05 bits per heavy atom. The van der Waals surface area contributed by atoms with Crippen LogP contribution in [0.25, 0.3) is 0 Å². The van der Waals surface area contributed by atoms with E-state index in [1.807, 2.05) is 6.20 Å². The van der Waals surface area contributed by atoms with E-state index in [0.717, 1.165) is 25.6 Å². The third-order valence-electron chi connectivity index (χ3n) is 4.91. The summed E-state index contributed by atoms with van der Waals surface area (Å²) in [6.45, 7) is 7.74. The fraction of sp³-hybridized carbons (Fsp3) is 0.706. The minimum absolute atomic E-state index is 0.696. The zero-order chi connectivity index (χ0) is 14.7. The van der Waals surface area contributed by atoms with Crippen LogP contribution in [-0.2, 0) is 6.42 Å². The Kier molecular flexibility index (Phi) is 4.76. The second kappa shape index (κ2) is 6.75. The molecule has 0 radical (unpaired) electrons. The molecule has 3 heterocycles. The number of anilines is 1. The third-order valence-corrected chi connectivity index (χ3v) is 4.91. The lowest BCUT2D eigenvalue weighted by molar-refractivity contribution is 0.175. The van der Waals surface area contributed by atoms with Crippen LogP contribution in [0.1, 0.15) is 36.8 Å². The van der Waals surface area contributed by atoms with Gasteiger partial charge in [0.25, 0.3) is 0 Å². The molecular weight excluding hydrogens is 260 g/mol. The number of aryl methyl sites for hydroxylation is 1. The van der Waals surface area contributed by atoms with E-state index in [1.54, 1.807) is 0 Å². The summed E-state index contributed by atoms with van der Waals surface area (Å²) in [5.74, 6) is 1.18. The van der Waals surface area contributed by atoms with Gasteiger partial charge in [-0.25, -0.2) is 4.98 Å². The quantitative estimate of drug-likeness (QED) is 0.920. The maximum absolute atomic E-state index is 5.63. The molecule has 4 heteroatoms. The predicted octanol–water partition coefficient (Wildman–Crippen LogP) is 1.96. The first-order valence-corrected chi connectivity index (χ1v) is 8.42. The molecule has 0 saturated carbocycles. The average molecular weight is 288 g/mol. The summed E-state index contributed by atoms with van der Waals surface area (Å²) < 4.78 is 0. The van der Waals surface area contributed by atoms with Gasteiger partial charge in [-0.1, -0.05) is 12.5 Å². The molecule has 0 aromatic carbocycles. The van der Waals surface area contributed by atoms with Gasteiger partial charge in [0, 0.05) is 25.3 Å². The Bertz CT molecular complexity index is 468. The van der Waals surface area contributed by atoms with Gasteiger partial charge < -0.3 is 10.6 Å². The van der Waals surface area contributed by atoms with E-state index >= 15 is 0 Å². The number of pyridine rings is 1. The van der Waals surface area contributed by atoms with E-state index in [2.05, 4.69) is 22.8 Å². The van der Waals surface area contributed by atoms with Gasteiger partial charge in [-0.3, -0.25) is 4.90 Å². The van der Waals surface area contributed by atoms with E-state index in [9.17, 15) is 0 Å². The molecule has 0 bridgehead atoms. The third kappa shape index (κ3) is 3.38. The monoisotopic (exact) mass is 288 g/mol. The molecule has 0 amide bonds. The van der Waals surface area contributed by atoms with Gasteiger partial charge >= 0.3 is 0 Å². The summed E-state index contributed by atoms with van der Waals surface area (Å²) in [4.78, 5) is 9.88. The number of hydrogen-bond acceptors (Lipinski definition) is 4. The molecule has 1 aromatic heterocycles. The second-order valence-electron chi connectivity index (χ2n) is 6.51. The second-order valence-corrected chi connectivity index (χ2v) is 6.51. The molecule has 2 aliphatic heterocycles. The molecule has 2 aliphatic rings.